The van der Waals surface area contributed by atoms with Crippen molar-refractivity contribution >= 4 is 26.4 Å². The third-order valence-electron chi connectivity index (χ3n) is 5.82. The molecule has 35 heavy (non-hydrogen) atoms. The van der Waals surface area contributed by atoms with Crippen LogP contribution >= 0.6 is 0 Å². The third-order valence-corrected chi connectivity index (χ3v) is 7.59. The number of pyridine rings is 1. The van der Waals surface area contributed by atoms with Gasteiger partial charge < -0.3 is 9.64 Å². The van der Waals surface area contributed by atoms with E-state index < -0.39 is 21.9 Å². The average Bonchev–Trinajstić information content (AvgIpc) is 2.82. The van der Waals surface area contributed by atoms with Crippen LogP contribution in [-0.4, -0.2) is 32.9 Å². The van der Waals surface area contributed by atoms with E-state index in [1.165, 1.54) is 24.4 Å². The number of hydrogen-bond donors (Lipinski definition) is 0. The van der Waals surface area contributed by atoms with Gasteiger partial charge in [0.2, 0.25) is 9.84 Å². The van der Waals surface area contributed by atoms with Gasteiger partial charge in [-0.2, -0.15) is 0 Å². The largest absolute Gasteiger partial charge is 0.573 e. The molecule has 0 bridgehead atoms. The Kier molecular flexibility index (Phi) is 8.64. The van der Waals surface area contributed by atoms with Crippen molar-refractivity contribution in [1.82, 2.24) is 4.98 Å². The number of ether oxygens (including phenoxy) is 1. The second kappa shape index (κ2) is 11.3. The molecular weight excluding hydrogens is 477 g/mol. The predicted octanol–water partition coefficient (Wildman–Crippen LogP) is 6.94. The highest BCUT2D eigenvalue weighted by Crippen LogP contribution is 2.38. The Labute approximate surface area is 204 Å². The SMILES string of the molecule is CCCCN(CCCC)c1c(S(=O)(=O)c2ccc(CC)cc2)cnc2ccc(OC(F)(F)F)cc12. The maximum atomic E-state index is 13.8. The number of rotatable bonds is 11. The molecule has 0 aliphatic heterocycles. The molecule has 0 saturated carbocycles. The van der Waals surface area contributed by atoms with Crippen molar-refractivity contribution in [3.63, 3.8) is 0 Å². The van der Waals surface area contributed by atoms with Crippen LogP contribution < -0.4 is 9.64 Å². The van der Waals surface area contributed by atoms with E-state index in [9.17, 15) is 21.6 Å². The van der Waals surface area contributed by atoms with E-state index in [-0.39, 0.29) is 9.79 Å². The van der Waals surface area contributed by atoms with Crippen molar-refractivity contribution in [2.75, 3.05) is 18.0 Å². The summed E-state index contributed by atoms with van der Waals surface area (Å²) in [6.45, 7) is 7.18. The summed E-state index contributed by atoms with van der Waals surface area (Å²) in [5.41, 5.74) is 1.76. The smallest absolute Gasteiger partial charge is 0.406 e. The second-order valence-electron chi connectivity index (χ2n) is 8.39. The highest BCUT2D eigenvalue weighted by molar-refractivity contribution is 7.91. The first-order valence-corrected chi connectivity index (χ1v) is 13.4. The molecule has 1 aromatic heterocycles. The molecular formula is C26H31F3N2O3S. The summed E-state index contributed by atoms with van der Waals surface area (Å²) < 4.78 is 70.5. The Morgan fingerprint density at radius 2 is 1.57 bits per heavy atom. The van der Waals surface area contributed by atoms with E-state index in [2.05, 4.69) is 9.72 Å². The van der Waals surface area contributed by atoms with E-state index in [4.69, 9.17) is 0 Å². The van der Waals surface area contributed by atoms with E-state index in [0.29, 0.717) is 29.7 Å². The molecule has 0 atom stereocenters. The summed E-state index contributed by atoms with van der Waals surface area (Å²) in [5, 5.41) is 0.310. The van der Waals surface area contributed by atoms with Gasteiger partial charge in [0, 0.05) is 24.7 Å². The summed E-state index contributed by atoms with van der Waals surface area (Å²) >= 11 is 0. The molecule has 190 valence electrons. The number of fused-ring (bicyclic) bond motifs is 1. The monoisotopic (exact) mass is 508 g/mol. The summed E-state index contributed by atoms with van der Waals surface area (Å²) in [7, 11) is -4.00. The van der Waals surface area contributed by atoms with E-state index in [1.54, 1.807) is 24.3 Å². The topological polar surface area (TPSA) is 59.5 Å². The lowest BCUT2D eigenvalue weighted by atomic mass is 10.1. The molecule has 0 N–H and O–H groups in total. The highest BCUT2D eigenvalue weighted by atomic mass is 32.2. The van der Waals surface area contributed by atoms with Crippen molar-refractivity contribution in [3.05, 3.63) is 54.2 Å². The number of nitrogens with zero attached hydrogens (tertiary/aromatic N) is 2. The van der Waals surface area contributed by atoms with Crippen LogP contribution in [0.4, 0.5) is 18.9 Å². The number of unbranched alkanes of at least 4 members (excludes halogenated alkanes) is 2. The molecule has 0 aliphatic carbocycles. The van der Waals surface area contributed by atoms with E-state index >= 15 is 0 Å². The minimum atomic E-state index is -4.86. The van der Waals surface area contributed by atoms with Crippen molar-refractivity contribution in [2.45, 2.75) is 69.0 Å². The fourth-order valence-corrected chi connectivity index (χ4v) is 5.36. The fourth-order valence-electron chi connectivity index (χ4n) is 3.92. The minimum Gasteiger partial charge on any atom is -0.406 e. The maximum absolute atomic E-state index is 13.8. The number of sulfone groups is 1. The van der Waals surface area contributed by atoms with Crippen LogP contribution in [0.5, 0.6) is 5.75 Å². The Bertz CT molecular complexity index is 1240. The number of benzene rings is 2. The van der Waals surface area contributed by atoms with Crippen LogP contribution in [0.2, 0.25) is 0 Å². The first kappa shape index (κ1) is 26.8. The predicted molar refractivity (Wildman–Crippen MR) is 132 cm³/mol. The minimum absolute atomic E-state index is 0.0226. The van der Waals surface area contributed by atoms with Crippen molar-refractivity contribution < 1.29 is 26.3 Å². The molecule has 0 spiro atoms. The summed E-state index contributed by atoms with van der Waals surface area (Å²) in [5.74, 6) is -0.416. The molecule has 2 aromatic carbocycles. The number of aromatic nitrogens is 1. The van der Waals surface area contributed by atoms with Gasteiger partial charge >= 0.3 is 6.36 Å². The van der Waals surface area contributed by atoms with Crippen molar-refractivity contribution in [3.8, 4) is 5.75 Å². The molecule has 3 rings (SSSR count). The Morgan fingerprint density at radius 3 is 2.11 bits per heavy atom. The maximum Gasteiger partial charge on any atom is 0.573 e. The highest BCUT2D eigenvalue weighted by Gasteiger charge is 2.32. The molecule has 3 aromatic rings. The molecule has 0 fully saturated rings. The lowest BCUT2D eigenvalue weighted by molar-refractivity contribution is -0.274. The summed E-state index contributed by atoms with van der Waals surface area (Å²) in [6, 6.07) is 10.5. The van der Waals surface area contributed by atoms with Crippen molar-refractivity contribution in [2.24, 2.45) is 0 Å². The third kappa shape index (κ3) is 6.45. The van der Waals surface area contributed by atoms with Gasteiger partial charge in [-0.3, -0.25) is 4.98 Å². The van der Waals surface area contributed by atoms with Gasteiger partial charge in [-0.1, -0.05) is 45.7 Å². The first-order valence-electron chi connectivity index (χ1n) is 11.9. The Balaban J connectivity index is 2.28. The Morgan fingerprint density at radius 1 is 0.943 bits per heavy atom. The number of anilines is 1. The van der Waals surface area contributed by atoms with Crippen molar-refractivity contribution in [1.29, 1.82) is 0 Å². The zero-order valence-corrected chi connectivity index (χ0v) is 21.0. The molecule has 9 heteroatoms. The van der Waals surface area contributed by atoms with Crippen LogP contribution in [0.3, 0.4) is 0 Å². The van der Waals surface area contributed by atoms with Gasteiger partial charge in [0.1, 0.15) is 10.6 Å². The fraction of sp³-hybridized carbons (Fsp3) is 0.423. The number of aryl methyl sites for hydroxylation is 1. The molecule has 0 radical (unpaired) electrons. The van der Waals surface area contributed by atoms with Gasteiger partial charge in [0.25, 0.3) is 0 Å². The van der Waals surface area contributed by atoms with Gasteiger partial charge in [0.05, 0.1) is 16.1 Å². The standard InChI is InChI=1S/C26H31F3N2O3S/c1-4-7-15-31(16-8-5-2)25-22-17-20(34-26(27,28)29)11-14-23(22)30-18-24(25)35(32,33)21-12-9-19(6-3)10-13-21/h9-14,17-18H,4-8,15-16H2,1-3H3. The molecule has 5 nitrogen and oxygen atoms in total. The lowest BCUT2D eigenvalue weighted by Crippen LogP contribution is -2.28. The van der Waals surface area contributed by atoms with Gasteiger partial charge in [0.15, 0.2) is 0 Å². The molecule has 0 aliphatic rings. The zero-order chi connectivity index (χ0) is 25.6. The van der Waals surface area contributed by atoms with Crippen LogP contribution in [0, 0.1) is 0 Å². The van der Waals surface area contributed by atoms with Crippen LogP contribution in [-0.2, 0) is 16.3 Å². The van der Waals surface area contributed by atoms with Crippen LogP contribution in [0.25, 0.3) is 10.9 Å². The van der Waals surface area contributed by atoms with Crippen LogP contribution in [0.15, 0.2) is 58.5 Å². The number of halogens is 3. The Hall–Kier alpha value is -2.81. The van der Waals surface area contributed by atoms with Gasteiger partial charge in [-0.25, -0.2) is 8.42 Å². The molecule has 0 unspecified atom stereocenters. The normalized spacial score (nSPS) is 12.2. The van der Waals surface area contributed by atoms with Gasteiger partial charge in [-0.15, -0.1) is 13.2 Å². The number of alkyl halides is 3. The van der Waals surface area contributed by atoms with E-state index in [0.717, 1.165) is 37.7 Å². The average molecular weight is 509 g/mol. The quantitative estimate of drug-likeness (QED) is 0.281. The first-order chi connectivity index (χ1) is 16.6. The summed E-state index contributed by atoms with van der Waals surface area (Å²) in [4.78, 5) is 6.36. The lowest BCUT2D eigenvalue weighted by Gasteiger charge is -2.28. The number of hydrogen-bond acceptors (Lipinski definition) is 5. The summed E-state index contributed by atoms with van der Waals surface area (Å²) in [6.07, 6.45) is 0.593. The van der Waals surface area contributed by atoms with Crippen LogP contribution in [0.1, 0.15) is 52.0 Å². The van der Waals surface area contributed by atoms with Gasteiger partial charge in [-0.05, 0) is 55.2 Å². The molecule has 0 amide bonds. The molecule has 0 saturated heterocycles. The molecule has 1 heterocycles. The second-order valence-corrected chi connectivity index (χ2v) is 10.3. The van der Waals surface area contributed by atoms with E-state index in [1.807, 2.05) is 25.7 Å². The zero-order valence-electron chi connectivity index (χ0n) is 20.2.